The third kappa shape index (κ3) is 1.44. The molecular weight excluding hydrogens is 150 g/mol. The van der Waals surface area contributed by atoms with Crippen molar-refractivity contribution in [1.29, 1.82) is 0 Å². The highest BCUT2D eigenvalue weighted by Gasteiger charge is 2.31. The Kier molecular flexibility index (Phi) is 2.55. The zero-order valence-corrected chi connectivity index (χ0v) is 6.73. The number of rotatable bonds is 0. The Balaban J connectivity index is 0.000000500. The first kappa shape index (κ1) is 8.31. The first-order valence-corrected chi connectivity index (χ1v) is 3.79. The summed E-state index contributed by atoms with van der Waals surface area (Å²) in [5, 5.41) is 12.7. The van der Waals surface area contributed by atoms with Crippen LogP contribution in [0.5, 0.6) is 0 Å². The quantitative estimate of drug-likeness (QED) is 0.551. The molecule has 3 heteroatoms. The van der Waals surface area contributed by atoms with E-state index in [2.05, 4.69) is 5.32 Å². The maximum atomic E-state index is 9.25. The third-order valence-electron chi connectivity index (χ3n) is 2.45. The zero-order chi connectivity index (χ0) is 6.27. The molecule has 0 aromatic rings. The largest absolute Gasteiger partial charge is 0.393 e. The monoisotopic (exact) mass is 163 g/mol. The lowest BCUT2D eigenvalue weighted by Crippen LogP contribution is -2.40. The minimum absolute atomic E-state index is 0. The van der Waals surface area contributed by atoms with E-state index < -0.39 is 0 Å². The Morgan fingerprint density at radius 1 is 1.10 bits per heavy atom. The average Bonchev–Trinajstić information content (AvgIpc) is 2.11. The summed E-state index contributed by atoms with van der Waals surface area (Å²) < 4.78 is 0. The summed E-state index contributed by atoms with van der Waals surface area (Å²) in [5.41, 5.74) is 0. The van der Waals surface area contributed by atoms with Gasteiger partial charge in [-0.05, 0) is 25.7 Å². The summed E-state index contributed by atoms with van der Waals surface area (Å²) >= 11 is 0. The zero-order valence-electron chi connectivity index (χ0n) is 5.92. The van der Waals surface area contributed by atoms with Crippen molar-refractivity contribution in [2.45, 2.75) is 43.9 Å². The van der Waals surface area contributed by atoms with Crippen molar-refractivity contribution in [3.8, 4) is 0 Å². The molecule has 0 spiro atoms. The highest BCUT2D eigenvalue weighted by atomic mass is 35.5. The fourth-order valence-corrected chi connectivity index (χ4v) is 2.03. The van der Waals surface area contributed by atoms with Crippen molar-refractivity contribution < 1.29 is 5.11 Å². The normalized spacial score (nSPS) is 44.7. The van der Waals surface area contributed by atoms with Crippen LogP contribution in [0.15, 0.2) is 0 Å². The van der Waals surface area contributed by atoms with Gasteiger partial charge in [0.05, 0.1) is 6.10 Å². The first-order valence-electron chi connectivity index (χ1n) is 3.79. The fourth-order valence-electron chi connectivity index (χ4n) is 2.03. The second-order valence-corrected chi connectivity index (χ2v) is 3.26. The average molecular weight is 164 g/mol. The summed E-state index contributed by atoms with van der Waals surface area (Å²) in [4.78, 5) is 0. The lowest BCUT2D eigenvalue weighted by molar-refractivity contribution is 0.114. The number of halogens is 1. The molecule has 2 bridgehead atoms. The van der Waals surface area contributed by atoms with Crippen molar-refractivity contribution in [3.63, 3.8) is 0 Å². The number of piperidine rings is 1. The van der Waals surface area contributed by atoms with Gasteiger partial charge in [0.2, 0.25) is 0 Å². The van der Waals surface area contributed by atoms with Crippen molar-refractivity contribution in [2.24, 2.45) is 0 Å². The Morgan fingerprint density at radius 3 is 2.10 bits per heavy atom. The van der Waals surface area contributed by atoms with Crippen molar-refractivity contribution in [3.05, 3.63) is 0 Å². The molecule has 0 saturated carbocycles. The second kappa shape index (κ2) is 3.07. The molecule has 0 radical (unpaired) electrons. The second-order valence-electron chi connectivity index (χ2n) is 3.26. The summed E-state index contributed by atoms with van der Waals surface area (Å²) in [6, 6.07) is 1.28. The van der Waals surface area contributed by atoms with Crippen LogP contribution in [0, 0.1) is 0 Å². The molecule has 60 valence electrons. The molecule has 10 heavy (non-hydrogen) atoms. The smallest absolute Gasteiger partial charge is 0.0569 e. The maximum Gasteiger partial charge on any atom is 0.0569 e. The minimum Gasteiger partial charge on any atom is -0.393 e. The standard InChI is InChI=1S/C7H13NO.ClH/c9-7-3-5-1-2-6(4-7)8-5;/h5-9H,1-4H2;1H/t5-,6-;/m1./s1. The van der Waals surface area contributed by atoms with Gasteiger partial charge >= 0.3 is 0 Å². The van der Waals surface area contributed by atoms with E-state index in [0.717, 1.165) is 12.8 Å². The number of hydrogen-bond acceptors (Lipinski definition) is 2. The first-order chi connectivity index (χ1) is 4.34. The Bertz CT molecular complexity index is 108. The summed E-state index contributed by atoms with van der Waals surface area (Å²) in [7, 11) is 0. The molecule has 2 aliphatic rings. The molecule has 2 aliphatic heterocycles. The van der Waals surface area contributed by atoms with E-state index >= 15 is 0 Å². The molecule has 0 unspecified atom stereocenters. The number of aliphatic hydroxyl groups excluding tert-OH is 1. The van der Waals surface area contributed by atoms with Crippen LogP contribution in [0.1, 0.15) is 25.7 Å². The number of hydrogen-bond donors (Lipinski definition) is 2. The van der Waals surface area contributed by atoms with E-state index in [1.165, 1.54) is 12.8 Å². The van der Waals surface area contributed by atoms with E-state index in [-0.39, 0.29) is 18.5 Å². The lowest BCUT2D eigenvalue weighted by atomic mass is 10.0. The highest BCUT2D eigenvalue weighted by molar-refractivity contribution is 5.85. The molecule has 0 aliphatic carbocycles. The van der Waals surface area contributed by atoms with Crippen LogP contribution in [0.4, 0.5) is 0 Å². The molecule has 2 heterocycles. The van der Waals surface area contributed by atoms with Gasteiger partial charge in [-0.25, -0.2) is 0 Å². The Labute approximate surface area is 67.4 Å². The van der Waals surface area contributed by atoms with Gasteiger partial charge in [0.1, 0.15) is 0 Å². The van der Waals surface area contributed by atoms with Crippen LogP contribution >= 0.6 is 12.4 Å². The predicted octanol–water partition coefficient (Wildman–Crippen LogP) is 0.683. The molecule has 0 aromatic carbocycles. The van der Waals surface area contributed by atoms with E-state index in [4.69, 9.17) is 0 Å². The van der Waals surface area contributed by atoms with Crippen molar-refractivity contribution >= 4 is 12.4 Å². The van der Waals surface area contributed by atoms with E-state index in [9.17, 15) is 5.11 Å². The molecule has 2 atom stereocenters. The molecule has 2 rings (SSSR count). The molecular formula is C7H14ClNO. The van der Waals surface area contributed by atoms with Crippen LogP contribution in [0.3, 0.4) is 0 Å². The van der Waals surface area contributed by atoms with Crippen LogP contribution in [0.2, 0.25) is 0 Å². The number of fused-ring (bicyclic) bond motifs is 2. The maximum absolute atomic E-state index is 9.25. The highest BCUT2D eigenvalue weighted by Crippen LogP contribution is 2.26. The fraction of sp³-hybridized carbons (Fsp3) is 1.00. The summed E-state index contributed by atoms with van der Waals surface area (Å²) in [5.74, 6) is 0. The predicted molar refractivity (Wildman–Crippen MR) is 42.4 cm³/mol. The van der Waals surface area contributed by atoms with Gasteiger partial charge in [0.15, 0.2) is 0 Å². The van der Waals surface area contributed by atoms with Crippen molar-refractivity contribution in [1.82, 2.24) is 5.32 Å². The van der Waals surface area contributed by atoms with Gasteiger partial charge in [-0.2, -0.15) is 0 Å². The topological polar surface area (TPSA) is 32.3 Å². The minimum atomic E-state index is -0.0104. The third-order valence-corrected chi connectivity index (χ3v) is 2.45. The van der Waals surface area contributed by atoms with Crippen molar-refractivity contribution in [2.75, 3.05) is 0 Å². The van der Waals surface area contributed by atoms with Gasteiger partial charge in [-0.15, -0.1) is 12.4 Å². The van der Waals surface area contributed by atoms with Gasteiger partial charge in [-0.1, -0.05) is 0 Å². The van der Waals surface area contributed by atoms with E-state index in [1.807, 2.05) is 0 Å². The Hall–Kier alpha value is 0.210. The SMILES string of the molecule is Cl.OC1C[C@H]2CC[C@H](C1)N2. The van der Waals surface area contributed by atoms with Crippen LogP contribution in [-0.4, -0.2) is 23.3 Å². The number of aliphatic hydroxyl groups is 1. The van der Waals surface area contributed by atoms with Gasteiger partial charge in [0.25, 0.3) is 0 Å². The van der Waals surface area contributed by atoms with Crippen LogP contribution in [-0.2, 0) is 0 Å². The molecule has 0 amide bonds. The van der Waals surface area contributed by atoms with Crippen LogP contribution < -0.4 is 5.32 Å². The molecule has 2 fully saturated rings. The van der Waals surface area contributed by atoms with E-state index in [0.29, 0.717) is 12.1 Å². The Morgan fingerprint density at radius 2 is 1.60 bits per heavy atom. The van der Waals surface area contributed by atoms with Gasteiger partial charge in [0, 0.05) is 12.1 Å². The summed E-state index contributed by atoms with van der Waals surface area (Å²) in [6.07, 6.45) is 4.51. The number of nitrogens with one attached hydrogen (secondary N) is 1. The molecule has 2 saturated heterocycles. The van der Waals surface area contributed by atoms with Crippen LogP contribution in [0.25, 0.3) is 0 Å². The molecule has 0 aromatic heterocycles. The lowest BCUT2D eigenvalue weighted by Gasteiger charge is -2.24. The van der Waals surface area contributed by atoms with Gasteiger partial charge in [-0.3, -0.25) is 0 Å². The van der Waals surface area contributed by atoms with Gasteiger partial charge < -0.3 is 10.4 Å². The molecule has 2 N–H and O–H groups in total. The van der Waals surface area contributed by atoms with E-state index in [1.54, 1.807) is 0 Å². The molecule has 2 nitrogen and oxygen atoms in total. The summed E-state index contributed by atoms with van der Waals surface area (Å²) in [6.45, 7) is 0.